The van der Waals surface area contributed by atoms with E-state index < -0.39 is 23.5 Å². The van der Waals surface area contributed by atoms with Crippen molar-refractivity contribution in [2.24, 2.45) is 5.92 Å². The molecule has 0 unspecified atom stereocenters. The topological polar surface area (TPSA) is 57.6 Å². The summed E-state index contributed by atoms with van der Waals surface area (Å²) in [4.78, 5) is 26.7. The second kappa shape index (κ2) is 8.61. The first-order valence-electron chi connectivity index (χ1n) is 9.31. The number of aliphatic hydroxyl groups is 1. The van der Waals surface area contributed by atoms with Gasteiger partial charge in [0.2, 0.25) is 5.91 Å². The van der Waals surface area contributed by atoms with Crippen molar-refractivity contribution in [3.05, 3.63) is 70.8 Å². The van der Waals surface area contributed by atoms with E-state index in [9.17, 15) is 23.5 Å². The Morgan fingerprint density at radius 3 is 2.43 bits per heavy atom. The van der Waals surface area contributed by atoms with Gasteiger partial charge in [0, 0.05) is 37.4 Å². The lowest BCUT2D eigenvalue weighted by atomic mass is 9.83. The Kier molecular flexibility index (Phi) is 6.19. The lowest BCUT2D eigenvalue weighted by molar-refractivity contribution is -0.134. The number of hydrogen-bond donors (Lipinski definition) is 1. The van der Waals surface area contributed by atoms with E-state index in [0.717, 1.165) is 5.56 Å². The van der Waals surface area contributed by atoms with Crippen molar-refractivity contribution < 1.29 is 23.5 Å². The van der Waals surface area contributed by atoms with Gasteiger partial charge >= 0.3 is 0 Å². The van der Waals surface area contributed by atoms with Crippen molar-refractivity contribution in [3.63, 3.8) is 0 Å². The summed E-state index contributed by atoms with van der Waals surface area (Å²) in [5.74, 6) is -3.52. The summed E-state index contributed by atoms with van der Waals surface area (Å²) in [7, 11) is 0. The number of aryl methyl sites for hydroxylation is 1. The van der Waals surface area contributed by atoms with E-state index in [0.29, 0.717) is 5.56 Å². The number of likely N-dealkylation sites (tertiary alicyclic amines) is 1. The van der Waals surface area contributed by atoms with Crippen molar-refractivity contribution in [1.29, 1.82) is 0 Å². The summed E-state index contributed by atoms with van der Waals surface area (Å²) in [6.07, 6.45) is 0.0727. The third-order valence-corrected chi connectivity index (χ3v) is 5.19. The average Bonchev–Trinajstić information content (AvgIpc) is 2.91. The van der Waals surface area contributed by atoms with Crippen LogP contribution in [0.2, 0.25) is 0 Å². The molecule has 2 atom stereocenters. The Hall–Kier alpha value is -2.60. The summed E-state index contributed by atoms with van der Waals surface area (Å²) in [6, 6.07) is 11.6. The standard InChI is InChI=1S/C22H23F2NO3/c1-14-9-19(23)21(20(24)10-14)18-13-25(7-8-26)22(28)17(18)12-16(27)11-15-5-3-2-4-6-15/h2-6,9-10,17-18,26H,7-8,11-13H2,1H3/t17-,18+/m0/s1. The number of benzene rings is 2. The van der Waals surface area contributed by atoms with E-state index in [2.05, 4.69) is 0 Å². The fraction of sp³-hybridized carbons (Fsp3) is 0.364. The van der Waals surface area contributed by atoms with Crippen LogP contribution in [0.5, 0.6) is 0 Å². The minimum atomic E-state index is -0.838. The van der Waals surface area contributed by atoms with Gasteiger partial charge in [0.05, 0.1) is 12.5 Å². The van der Waals surface area contributed by atoms with E-state index in [-0.39, 0.29) is 49.8 Å². The highest BCUT2D eigenvalue weighted by Crippen LogP contribution is 2.38. The summed E-state index contributed by atoms with van der Waals surface area (Å²) in [5, 5.41) is 9.20. The Morgan fingerprint density at radius 1 is 1.18 bits per heavy atom. The van der Waals surface area contributed by atoms with E-state index in [1.165, 1.54) is 17.0 Å². The molecule has 0 spiro atoms. The third-order valence-electron chi connectivity index (χ3n) is 5.19. The largest absolute Gasteiger partial charge is 0.395 e. The lowest BCUT2D eigenvalue weighted by Gasteiger charge is -2.18. The first-order chi connectivity index (χ1) is 13.4. The molecule has 1 aliphatic rings. The van der Waals surface area contributed by atoms with Crippen molar-refractivity contribution >= 4 is 11.7 Å². The number of amides is 1. The molecule has 0 aromatic heterocycles. The van der Waals surface area contributed by atoms with Crippen LogP contribution in [-0.4, -0.2) is 41.4 Å². The predicted octanol–water partition coefficient (Wildman–Crippen LogP) is 3.01. The van der Waals surface area contributed by atoms with Gasteiger partial charge in [-0.3, -0.25) is 9.59 Å². The molecule has 1 amide bonds. The van der Waals surface area contributed by atoms with Crippen LogP contribution in [0.1, 0.15) is 29.0 Å². The molecule has 4 nitrogen and oxygen atoms in total. The van der Waals surface area contributed by atoms with E-state index in [4.69, 9.17) is 0 Å². The second-order valence-corrected chi connectivity index (χ2v) is 7.27. The number of aliphatic hydroxyl groups excluding tert-OH is 1. The number of rotatable bonds is 7. The third kappa shape index (κ3) is 4.28. The minimum absolute atomic E-state index is 0.0772. The molecule has 148 valence electrons. The Bertz CT molecular complexity index is 846. The van der Waals surface area contributed by atoms with Crippen LogP contribution in [0, 0.1) is 24.5 Å². The number of Topliss-reactive ketones (excluding diaryl/α,β-unsaturated/α-hetero) is 1. The molecule has 2 aromatic rings. The summed E-state index contributed by atoms with van der Waals surface area (Å²) < 4.78 is 29.1. The van der Waals surface area contributed by atoms with Gasteiger partial charge in [0.1, 0.15) is 17.4 Å². The van der Waals surface area contributed by atoms with Crippen molar-refractivity contribution in [2.45, 2.75) is 25.7 Å². The Morgan fingerprint density at radius 2 is 1.82 bits per heavy atom. The fourth-order valence-corrected chi connectivity index (χ4v) is 3.91. The van der Waals surface area contributed by atoms with Gasteiger partial charge in [-0.25, -0.2) is 8.78 Å². The van der Waals surface area contributed by atoms with E-state index in [1.807, 2.05) is 30.3 Å². The van der Waals surface area contributed by atoms with Gasteiger partial charge < -0.3 is 10.0 Å². The fourth-order valence-electron chi connectivity index (χ4n) is 3.91. The van der Waals surface area contributed by atoms with Crippen molar-refractivity contribution in [3.8, 4) is 0 Å². The smallest absolute Gasteiger partial charge is 0.226 e. The number of ketones is 1. The first-order valence-corrected chi connectivity index (χ1v) is 9.31. The van der Waals surface area contributed by atoms with E-state index in [1.54, 1.807) is 6.92 Å². The Balaban J connectivity index is 1.87. The van der Waals surface area contributed by atoms with Crippen LogP contribution in [-0.2, 0) is 16.0 Å². The first kappa shape index (κ1) is 20.1. The van der Waals surface area contributed by atoms with Gasteiger partial charge in [0.15, 0.2) is 0 Å². The zero-order valence-corrected chi connectivity index (χ0v) is 15.7. The summed E-state index contributed by atoms with van der Waals surface area (Å²) >= 11 is 0. The molecule has 0 bridgehead atoms. The minimum Gasteiger partial charge on any atom is -0.395 e. The number of halogens is 2. The van der Waals surface area contributed by atoms with Crippen LogP contribution in [0.4, 0.5) is 8.78 Å². The molecule has 1 saturated heterocycles. The van der Waals surface area contributed by atoms with Crippen molar-refractivity contribution in [1.82, 2.24) is 4.90 Å². The second-order valence-electron chi connectivity index (χ2n) is 7.27. The highest BCUT2D eigenvalue weighted by molar-refractivity contribution is 5.90. The quantitative estimate of drug-likeness (QED) is 0.795. The number of nitrogens with zero attached hydrogens (tertiary/aromatic N) is 1. The Labute approximate surface area is 162 Å². The molecule has 0 saturated carbocycles. The highest BCUT2D eigenvalue weighted by Gasteiger charge is 2.43. The maximum Gasteiger partial charge on any atom is 0.226 e. The summed E-state index contributed by atoms with van der Waals surface area (Å²) in [6.45, 7) is 1.50. The molecule has 3 rings (SSSR count). The van der Waals surface area contributed by atoms with Crippen molar-refractivity contribution in [2.75, 3.05) is 19.7 Å². The van der Waals surface area contributed by atoms with Gasteiger partial charge in [-0.05, 0) is 30.2 Å². The number of hydrogen-bond acceptors (Lipinski definition) is 3. The zero-order valence-electron chi connectivity index (χ0n) is 15.7. The average molecular weight is 387 g/mol. The molecular weight excluding hydrogens is 364 g/mol. The van der Waals surface area contributed by atoms with Crippen LogP contribution >= 0.6 is 0 Å². The SMILES string of the molecule is Cc1cc(F)c([C@@H]2CN(CCO)C(=O)[C@H]2CC(=O)Cc2ccccc2)c(F)c1. The maximum absolute atomic E-state index is 14.6. The van der Waals surface area contributed by atoms with Gasteiger partial charge in [-0.15, -0.1) is 0 Å². The van der Waals surface area contributed by atoms with Crippen LogP contribution in [0.15, 0.2) is 42.5 Å². The molecule has 28 heavy (non-hydrogen) atoms. The molecule has 1 fully saturated rings. The van der Waals surface area contributed by atoms with Crippen LogP contribution in [0.3, 0.4) is 0 Å². The molecule has 0 aliphatic carbocycles. The predicted molar refractivity (Wildman–Crippen MR) is 101 cm³/mol. The number of β-amino-alcohol motifs (C(OH)–C–C–N with tert-alkyl or cyclic N) is 1. The molecule has 6 heteroatoms. The monoisotopic (exact) mass is 387 g/mol. The van der Waals surface area contributed by atoms with Crippen LogP contribution in [0.25, 0.3) is 0 Å². The molecular formula is C22H23F2NO3. The van der Waals surface area contributed by atoms with Gasteiger partial charge in [-0.2, -0.15) is 0 Å². The molecule has 1 N–H and O–H groups in total. The van der Waals surface area contributed by atoms with Gasteiger partial charge in [0.25, 0.3) is 0 Å². The summed E-state index contributed by atoms with van der Waals surface area (Å²) in [5.41, 5.74) is 1.12. The zero-order chi connectivity index (χ0) is 20.3. The lowest BCUT2D eigenvalue weighted by Crippen LogP contribution is -2.30. The van der Waals surface area contributed by atoms with Gasteiger partial charge in [-0.1, -0.05) is 30.3 Å². The van der Waals surface area contributed by atoms with E-state index >= 15 is 0 Å². The molecule has 1 aliphatic heterocycles. The molecule has 2 aromatic carbocycles. The maximum atomic E-state index is 14.6. The number of carbonyl (C=O) groups excluding carboxylic acids is 2. The highest BCUT2D eigenvalue weighted by atomic mass is 19.1. The van der Waals surface area contributed by atoms with Crippen LogP contribution < -0.4 is 0 Å². The number of carbonyl (C=O) groups is 2. The molecule has 0 radical (unpaired) electrons. The normalized spacial score (nSPS) is 19.3. The molecule has 1 heterocycles.